The van der Waals surface area contributed by atoms with E-state index in [2.05, 4.69) is 16.4 Å². The Hall–Kier alpha value is -3.80. The van der Waals surface area contributed by atoms with Crippen molar-refractivity contribution in [2.75, 3.05) is 18.9 Å². The molecule has 0 aliphatic carbocycles. The predicted molar refractivity (Wildman–Crippen MR) is 141 cm³/mol. The van der Waals surface area contributed by atoms with Crippen molar-refractivity contribution in [2.45, 2.75) is 50.4 Å². The van der Waals surface area contributed by atoms with Crippen molar-refractivity contribution in [3.63, 3.8) is 0 Å². The zero-order valence-electron chi connectivity index (χ0n) is 21.3. The van der Waals surface area contributed by atoms with Gasteiger partial charge in [-0.2, -0.15) is 5.26 Å². The minimum absolute atomic E-state index is 0.154. The van der Waals surface area contributed by atoms with Crippen LogP contribution in [0.1, 0.15) is 42.6 Å². The van der Waals surface area contributed by atoms with E-state index < -0.39 is 23.7 Å². The van der Waals surface area contributed by atoms with E-state index in [1.807, 2.05) is 62.4 Å². The molecule has 3 heterocycles. The maximum Gasteiger partial charge on any atom is 0.254 e. The number of nitriles is 1. The van der Waals surface area contributed by atoms with Gasteiger partial charge in [-0.25, -0.2) is 0 Å². The fraction of sp³-hybridized carbons (Fsp3) is 0.379. The molecule has 3 aromatic rings. The molecule has 8 nitrogen and oxygen atoms in total. The van der Waals surface area contributed by atoms with Crippen molar-refractivity contribution in [3.8, 4) is 6.07 Å². The topological polar surface area (TPSA) is 110 Å². The Morgan fingerprint density at radius 3 is 2.81 bits per heavy atom. The number of aliphatic hydroxyl groups is 1. The monoisotopic (exact) mass is 497 g/mol. The van der Waals surface area contributed by atoms with Crippen LogP contribution in [0.25, 0.3) is 10.9 Å². The van der Waals surface area contributed by atoms with Gasteiger partial charge in [0, 0.05) is 36.4 Å². The zero-order chi connectivity index (χ0) is 26.3. The number of likely N-dealkylation sites (tertiary alicyclic amines) is 1. The van der Waals surface area contributed by atoms with Gasteiger partial charge in [-0.15, -0.1) is 0 Å². The summed E-state index contributed by atoms with van der Waals surface area (Å²) in [7, 11) is 1.69. The van der Waals surface area contributed by atoms with Crippen LogP contribution in [0.15, 0.2) is 60.8 Å². The minimum atomic E-state index is -1.12. The molecule has 1 saturated heterocycles. The lowest BCUT2D eigenvalue weighted by Gasteiger charge is -2.38. The first kappa shape index (κ1) is 24.9. The van der Waals surface area contributed by atoms with Gasteiger partial charge in [0.15, 0.2) is 0 Å². The summed E-state index contributed by atoms with van der Waals surface area (Å²) in [5, 5.41) is 25.6. The van der Waals surface area contributed by atoms with Gasteiger partial charge in [0.05, 0.1) is 23.0 Å². The molecule has 0 bridgehead atoms. The second-order valence-electron chi connectivity index (χ2n) is 10.5. The fourth-order valence-electron chi connectivity index (χ4n) is 5.81. The summed E-state index contributed by atoms with van der Waals surface area (Å²) in [4.78, 5) is 34.4. The average molecular weight is 498 g/mol. The van der Waals surface area contributed by atoms with Crippen LogP contribution in [0.3, 0.4) is 0 Å². The molecule has 1 aromatic heterocycles. The van der Waals surface area contributed by atoms with Crippen LogP contribution in [0.5, 0.6) is 0 Å². The number of anilines is 1. The van der Waals surface area contributed by atoms with Crippen molar-refractivity contribution in [3.05, 3.63) is 71.9 Å². The largest absolute Gasteiger partial charge is 0.376 e. The number of likely N-dealkylation sites (N-methyl/N-ethyl adjacent to an activating group) is 1. The molecular weight excluding hydrogens is 466 g/mol. The summed E-state index contributed by atoms with van der Waals surface area (Å²) in [5.41, 5.74) is 1.99. The Kier molecular flexibility index (Phi) is 6.44. The number of rotatable bonds is 6. The Labute approximate surface area is 216 Å². The number of nitrogens with one attached hydrogen (secondary N) is 1. The van der Waals surface area contributed by atoms with Gasteiger partial charge < -0.3 is 15.3 Å². The van der Waals surface area contributed by atoms with Gasteiger partial charge >= 0.3 is 0 Å². The first-order valence-electron chi connectivity index (χ1n) is 12.6. The first-order chi connectivity index (χ1) is 17.7. The van der Waals surface area contributed by atoms with Crippen molar-refractivity contribution in [1.82, 2.24) is 14.8 Å². The molecule has 2 amide bonds. The fourth-order valence-corrected chi connectivity index (χ4v) is 5.81. The van der Waals surface area contributed by atoms with Crippen LogP contribution in [-0.2, 0) is 10.2 Å². The summed E-state index contributed by atoms with van der Waals surface area (Å²) in [6.07, 6.45) is 1.40. The lowest BCUT2D eigenvalue weighted by atomic mass is 9.80. The highest BCUT2D eigenvalue weighted by molar-refractivity contribution is 6.06. The Morgan fingerprint density at radius 2 is 2.05 bits per heavy atom. The number of nitrogens with zero attached hydrogens (tertiary/aromatic N) is 4. The van der Waals surface area contributed by atoms with Crippen LogP contribution in [0.4, 0.5) is 5.69 Å². The number of aliphatic hydroxyl groups excluding tert-OH is 1. The van der Waals surface area contributed by atoms with E-state index in [0.29, 0.717) is 12.0 Å². The summed E-state index contributed by atoms with van der Waals surface area (Å²) in [6.45, 7) is 4.27. The third-order valence-corrected chi connectivity index (χ3v) is 7.73. The Morgan fingerprint density at radius 1 is 1.27 bits per heavy atom. The normalized spacial score (nSPS) is 22.6. The molecule has 5 rings (SSSR count). The number of pyridine rings is 1. The summed E-state index contributed by atoms with van der Waals surface area (Å²) >= 11 is 0. The maximum absolute atomic E-state index is 13.6. The van der Waals surface area contributed by atoms with E-state index in [-0.39, 0.29) is 30.7 Å². The average Bonchev–Trinajstić information content (AvgIpc) is 3.43. The number of aromatic nitrogens is 1. The van der Waals surface area contributed by atoms with Crippen LogP contribution in [-0.4, -0.2) is 63.6 Å². The second-order valence-corrected chi connectivity index (χ2v) is 10.5. The third-order valence-electron chi connectivity index (χ3n) is 7.73. The predicted octanol–water partition coefficient (Wildman–Crippen LogP) is 3.53. The lowest BCUT2D eigenvalue weighted by Crippen LogP contribution is -2.54. The van der Waals surface area contributed by atoms with E-state index in [9.17, 15) is 20.0 Å². The summed E-state index contributed by atoms with van der Waals surface area (Å²) < 4.78 is 0. The molecule has 1 fully saturated rings. The highest BCUT2D eigenvalue weighted by Gasteiger charge is 2.56. The molecule has 37 heavy (non-hydrogen) atoms. The van der Waals surface area contributed by atoms with Gasteiger partial charge in [-0.3, -0.25) is 19.5 Å². The smallest absolute Gasteiger partial charge is 0.254 e. The molecule has 0 saturated carbocycles. The molecule has 8 heteroatoms. The molecule has 2 N–H and O–H groups in total. The van der Waals surface area contributed by atoms with Crippen LogP contribution in [0, 0.1) is 17.2 Å². The lowest BCUT2D eigenvalue weighted by molar-refractivity contribution is -0.121. The number of hydrogen-bond acceptors (Lipinski definition) is 6. The highest BCUT2D eigenvalue weighted by atomic mass is 16.3. The standard InChI is InChI=1S/C29H31N5O3/c1-18(2)13-25(33(3)26(35)20-10-11-23-19(14-20)7-6-12-31-23)27(36)34-17-29(15-21(34)16-30)22-8-4-5-9-24(22)32-28(29)37/h4-12,14,18,21,25,27,36H,13,15,17H2,1-3H3,(H,32,37)/t21-,25-,27?,29-/m0/s1. The van der Waals surface area contributed by atoms with E-state index in [4.69, 9.17) is 0 Å². The van der Waals surface area contributed by atoms with Crippen molar-refractivity contribution >= 4 is 28.4 Å². The molecule has 2 aliphatic rings. The molecule has 190 valence electrons. The SMILES string of the molecule is CC(C)C[C@@H](C(O)N1C[C@]2(C[C@H]1C#N)C(=O)Nc1ccccc12)N(C)C(=O)c1ccc2ncccc2c1. The number of fused-ring (bicyclic) bond motifs is 3. The number of hydrogen-bond donors (Lipinski definition) is 2. The van der Waals surface area contributed by atoms with Crippen molar-refractivity contribution < 1.29 is 14.7 Å². The zero-order valence-corrected chi connectivity index (χ0v) is 21.3. The number of benzene rings is 2. The minimum Gasteiger partial charge on any atom is -0.376 e. The van der Waals surface area contributed by atoms with Gasteiger partial charge in [-0.05, 0) is 54.7 Å². The molecular formula is C29H31N5O3. The molecule has 1 unspecified atom stereocenters. The molecule has 4 atom stereocenters. The van der Waals surface area contributed by atoms with Gasteiger partial charge in [0.2, 0.25) is 5.91 Å². The molecule has 0 radical (unpaired) electrons. The third kappa shape index (κ3) is 4.24. The van der Waals surface area contributed by atoms with Crippen molar-refractivity contribution in [2.24, 2.45) is 5.92 Å². The van der Waals surface area contributed by atoms with Crippen molar-refractivity contribution in [1.29, 1.82) is 5.26 Å². The van der Waals surface area contributed by atoms with Crippen LogP contribution >= 0.6 is 0 Å². The van der Waals surface area contributed by atoms with E-state index in [1.165, 1.54) is 0 Å². The highest BCUT2D eigenvalue weighted by Crippen LogP contribution is 2.47. The number of para-hydroxylation sites is 1. The van der Waals surface area contributed by atoms with Gasteiger partial charge in [-0.1, -0.05) is 38.1 Å². The van der Waals surface area contributed by atoms with E-state index in [0.717, 1.165) is 22.2 Å². The number of carbonyl (C=O) groups excluding carboxylic acids is 2. The Balaban J connectivity index is 1.45. The summed E-state index contributed by atoms with van der Waals surface area (Å²) in [6, 6.07) is 17.7. The maximum atomic E-state index is 13.6. The second kappa shape index (κ2) is 9.58. The first-order valence-corrected chi connectivity index (χ1v) is 12.6. The van der Waals surface area contributed by atoms with Gasteiger partial charge in [0.1, 0.15) is 12.3 Å². The summed E-state index contributed by atoms with van der Waals surface area (Å²) in [5.74, 6) is -0.191. The van der Waals surface area contributed by atoms with E-state index >= 15 is 0 Å². The van der Waals surface area contributed by atoms with Crippen LogP contribution < -0.4 is 5.32 Å². The molecule has 2 aromatic carbocycles. The number of carbonyl (C=O) groups is 2. The Bertz CT molecular complexity index is 1400. The number of amides is 2. The van der Waals surface area contributed by atoms with Crippen LogP contribution in [0.2, 0.25) is 0 Å². The molecule has 1 spiro atoms. The van der Waals surface area contributed by atoms with Gasteiger partial charge in [0.25, 0.3) is 5.91 Å². The quantitative estimate of drug-likeness (QED) is 0.539. The molecule has 2 aliphatic heterocycles. The van der Waals surface area contributed by atoms with E-state index in [1.54, 1.807) is 29.1 Å².